The summed E-state index contributed by atoms with van der Waals surface area (Å²) in [5, 5.41) is 0.673. The van der Waals surface area contributed by atoms with Gasteiger partial charge in [-0.25, -0.2) is 4.98 Å². The fraction of sp³-hybridized carbons (Fsp3) is 0.333. The molecule has 0 spiro atoms. The number of piperazine rings is 1. The van der Waals surface area contributed by atoms with E-state index in [2.05, 4.69) is 26.9 Å². The highest BCUT2D eigenvalue weighted by Gasteiger charge is 2.19. The van der Waals surface area contributed by atoms with Crippen LogP contribution in [-0.4, -0.2) is 52.3 Å². The Kier molecular flexibility index (Phi) is 4.46. The van der Waals surface area contributed by atoms with Gasteiger partial charge in [-0.15, -0.1) is 0 Å². The Labute approximate surface area is 162 Å². The smallest absolute Gasteiger partial charge is 0.262 e. The summed E-state index contributed by atoms with van der Waals surface area (Å²) in [5.74, 6) is 1.65. The molecule has 0 saturated carbocycles. The van der Waals surface area contributed by atoms with Crippen molar-refractivity contribution < 1.29 is 9.47 Å². The summed E-state index contributed by atoms with van der Waals surface area (Å²) < 4.78 is 12.5. The first-order valence-electron chi connectivity index (χ1n) is 9.54. The van der Waals surface area contributed by atoms with E-state index in [0.717, 1.165) is 49.7 Å². The molecule has 1 aromatic heterocycles. The molecule has 1 saturated heterocycles. The van der Waals surface area contributed by atoms with Gasteiger partial charge in [-0.1, -0.05) is 18.2 Å². The summed E-state index contributed by atoms with van der Waals surface area (Å²) in [4.78, 5) is 21.8. The zero-order valence-electron chi connectivity index (χ0n) is 15.6. The van der Waals surface area contributed by atoms with E-state index < -0.39 is 0 Å². The minimum Gasteiger partial charge on any atom is -0.454 e. The first-order valence-corrected chi connectivity index (χ1v) is 9.54. The van der Waals surface area contributed by atoms with Crippen LogP contribution in [-0.2, 0) is 13.2 Å². The molecule has 0 bridgehead atoms. The molecule has 7 nitrogen and oxygen atoms in total. The molecular weight excluding hydrogens is 356 g/mol. The minimum atomic E-state index is 0.0217. The summed E-state index contributed by atoms with van der Waals surface area (Å²) in [6.45, 7) is 5.54. The van der Waals surface area contributed by atoms with Gasteiger partial charge in [0.15, 0.2) is 11.5 Å². The van der Waals surface area contributed by atoms with Gasteiger partial charge in [0.1, 0.15) is 0 Å². The molecule has 2 aliphatic heterocycles. The zero-order chi connectivity index (χ0) is 18.9. The number of hydrogen-bond acceptors (Lipinski definition) is 6. The Bertz CT molecular complexity index is 1060. The van der Waals surface area contributed by atoms with Crippen molar-refractivity contribution >= 4 is 10.9 Å². The van der Waals surface area contributed by atoms with Gasteiger partial charge >= 0.3 is 0 Å². The van der Waals surface area contributed by atoms with Crippen molar-refractivity contribution in [3.63, 3.8) is 0 Å². The van der Waals surface area contributed by atoms with Crippen molar-refractivity contribution in [3.05, 3.63) is 64.7 Å². The molecule has 0 unspecified atom stereocenters. The maximum atomic E-state index is 12.7. The van der Waals surface area contributed by atoms with E-state index in [9.17, 15) is 4.79 Å². The summed E-state index contributed by atoms with van der Waals surface area (Å²) in [6.07, 6.45) is 1.66. The van der Waals surface area contributed by atoms with Gasteiger partial charge in [-0.2, -0.15) is 0 Å². The molecule has 3 aromatic rings. The SMILES string of the molecule is O=c1c2ccccc2ncn1CN1CCN(Cc2ccc3c(c2)OCO3)CC1. The second-order valence-corrected chi connectivity index (χ2v) is 7.26. The predicted octanol–water partition coefficient (Wildman–Crippen LogP) is 1.90. The number of rotatable bonds is 4. The van der Waals surface area contributed by atoms with Gasteiger partial charge in [-0.05, 0) is 29.8 Å². The first kappa shape index (κ1) is 17.2. The zero-order valence-corrected chi connectivity index (χ0v) is 15.6. The van der Waals surface area contributed by atoms with Crippen LogP contribution in [0, 0.1) is 0 Å². The quantitative estimate of drug-likeness (QED) is 0.691. The monoisotopic (exact) mass is 378 g/mol. The molecule has 2 aliphatic rings. The van der Waals surface area contributed by atoms with Crippen LogP contribution >= 0.6 is 0 Å². The van der Waals surface area contributed by atoms with E-state index in [1.165, 1.54) is 5.56 Å². The molecule has 3 heterocycles. The van der Waals surface area contributed by atoms with Crippen molar-refractivity contribution in [2.24, 2.45) is 0 Å². The molecule has 0 N–H and O–H groups in total. The molecule has 0 amide bonds. The lowest BCUT2D eigenvalue weighted by Crippen LogP contribution is -2.47. The third-order valence-electron chi connectivity index (χ3n) is 5.39. The van der Waals surface area contributed by atoms with Gasteiger partial charge in [0.2, 0.25) is 6.79 Å². The maximum Gasteiger partial charge on any atom is 0.262 e. The van der Waals surface area contributed by atoms with Gasteiger partial charge < -0.3 is 9.47 Å². The molecule has 7 heteroatoms. The molecule has 144 valence electrons. The van der Waals surface area contributed by atoms with Crippen LogP contribution in [0.1, 0.15) is 5.56 Å². The van der Waals surface area contributed by atoms with E-state index in [-0.39, 0.29) is 5.56 Å². The molecule has 5 rings (SSSR count). The molecule has 2 aromatic carbocycles. The summed E-state index contributed by atoms with van der Waals surface area (Å²) in [5.41, 5.74) is 2.00. The molecule has 0 radical (unpaired) electrons. The van der Waals surface area contributed by atoms with E-state index >= 15 is 0 Å². The van der Waals surface area contributed by atoms with Gasteiger partial charge in [-0.3, -0.25) is 19.2 Å². The van der Waals surface area contributed by atoms with E-state index in [0.29, 0.717) is 18.8 Å². The molecule has 1 fully saturated rings. The Morgan fingerprint density at radius 3 is 2.61 bits per heavy atom. The highest BCUT2D eigenvalue weighted by molar-refractivity contribution is 5.76. The predicted molar refractivity (Wildman–Crippen MR) is 105 cm³/mol. The molecule has 0 atom stereocenters. The van der Waals surface area contributed by atoms with Crippen molar-refractivity contribution in [1.82, 2.24) is 19.4 Å². The number of benzene rings is 2. The largest absolute Gasteiger partial charge is 0.454 e. The summed E-state index contributed by atoms with van der Waals surface area (Å²) in [7, 11) is 0. The van der Waals surface area contributed by atoms with Crippen LogP contribution in [0.15, 0.2) is 53.6 Å². The van der Waals surface area contributed by atoms with E-state index in [4.69, 9.17) is 9.47 Å². The van der Waals surface area contributed by atoms with Crippen LogP contribution in [0.2, 0.25) is 0 Å². The second-order valence-electron chi connectivity index (χ2n) is 7.26. The van der Waals surface area contributed by atoms with Crippen molar-refractivity contribution in [2.45, 2.75) is 13.2 Å². The lowest BCUT2D eigenvalue weighted by molar-refractivity contribution is 0.102. The first-order chi connectivity index (χ1) is 13.8. The standard InChI is InChI=1S/C21H22N4O3/c26-21-17-3-1-2-4-18(17)22-13-25(21)14-24-9-7-23(8-10-24)12-16-5-6-19-20(11-16)28-15-27-19/h1-6,11,13H,7-10,12,14-15H2. The van der Waals surface area contributed by atoms with E-state index in [1.807, 2.05) is 30.3 Å². The number of nitrogens with zero attached hydrogens (tertiary/aromatic N) is 4. The Balaban J connectivity index is 1.21. The van der Waals surface area contributed by atoms with Crippen molar-refractivity contribution in [3.8, 4) is 11.5 Å². The van der Waals surface area contributed by atoms with Crippen molar-refractivity contribution in [2.75, 3.05) is 33.0 Å². The third kappa shape index (κ3) is 3.34. The number of ether oxygens (including phenoxy) is 2. The number of fused-ring (bicyclic) bond motifs is 2. The number of hydrogen-bond donors (Lipinski definition) is 0. The Morgan fingerprint density at radius 2 is 1.71 bits per heavy atom. The minimum absolute atomic E-state index is 0.0217. The Hall–Kier alpha value is -2.90. The summed E-state index contributed by atoms with van der Waals surface area (Å²) in [6, 6.07) is 13.6. The Morgan fingerprint density at radius 1 is 0.929 bits per heavy atom. The maximum absolute atomic E-state index is 12.7. The average molecular weight is 378 g/mol. The van der Waals surface area contributed by atoms with Crippen LogP contribution < -0.4 is 15.0 Å². The fourth-order valence-corrected chi connectivity index (χ4v) is 3.81. The van der Waals surface area contributed by atoms with Crippen molar-refractivity contribution in [1.29, 1.82) is 0 Å². The van der Waals surface area contributed by atoms with Gasteiger partial charge in [0.25, 0.3) is 5.56 Å². The highest BCUT2D eigenvalue weighted by atomic mass is 16.7. The normalized spacial score (nSPS) is 17.3. The summed E-state index contributed by atoms with van der Waals surface area (Å²) >= 11 is 0. The van der Waals surface area contributed by atoms with Gasteiger partial charge in [0, 0.05) is 32.7 Å². The second kappa shape index (κ2) is 7.26. The van der Waals surface area contributed by atoms with Crippen LogP contribution in [0.4, 0.5) is 0 Å². The fourth-order valence-electron chi connectivity index (χ4n) is 3.81. The lowest BCUT2D eigenvalue weighted by atomic mass is 10.1. The third-order valence-corrected chi connectivity index (χ3v) is 5.39. The average Bonchev–Trinajstić information content (AvgIpc) is 3.20. The van der Waals surface area contributed by atoms with Crippen LogP contribution in [0.5, 0.6) is 11.5 Å². The molecule has 28 heavy (non-hydrogen) atoms. The number of para-hydroxylation sites is 1. The molecular formula is C21H22N4O3. The lowest BCUT2D eigenvalue weighted by Gasteiger charge is -2.34. The van der Waals surface area contributed by atoms with E-state index in [1.54, 1.807) is 10.9 Å². The van der Waals surface area contributed by atoms with Crippen LogP contribution in [0.25, 0.3) is 10.9 Å². The van der Waals surface area contributed by atoms with Gasteiger partial charge in [0.05, 0.1) is 23.9 Å². The highest BCUT2D eigenvalue weighted by Crippen LogP contribution is 2.32. The van der Waals surface area contributed by atoms with Crippen LogP contribution in [0.3, 0.4) is 0 Å². The number of aromatic nitrogens is 2. The topological polar surface area (TPSA) is 59.8 Å². The molecule has 0 aliphatic carbocycles.